The number of aromatic hydroxyl groups is 1. The molecule has 3 aromatic rings. The van der Waals surface area contributed by atoms with E-state index in [0.717, 1.165) is 11.1 Å². The highest BCUT2D eigenvalue weighted by Gasteiger charge is 2.13. The van der Waals surface area contributed by atoms with Gasteiger partial charge < -0.3 is 16.6 Å². The van der Waals surface area contributed by atoms with E-state index in [1.165, 1.54) is 24.3 Å². The first kappa shape index (κ1) is 17.1. The fourth-order valence-electron chi connectivity index (χ4n) is 2.41. The van der Waals surface area contributed by atoms with E-state index in [-0.39, 0.29) is 28.7 Å². The molecule has 7 heteroatoms. The summed E-state index contributed by atoms with van der Waals surface area (Å²) >= 11 is 0. The number of nitrogens with zero attached hydrogens (tertiary/aromatic N) is 3. The number of hydrogen-bond donors (Lipinski definition) is 3. The number of phenols is 1. The van der Waals surface area contributed by atoms with E-state index in [4.69, 9.17) is 11.5 Å². The molecule has 0 unspecified atom stereocenters. The second-order valence-electron chi connectivity index (χ2n) is 5.65. The Labute approximate surface area is 150 Å². The number of aromatic nitrogens is 2. The number of carbonyl (C=O) groups is 1. The Morgan fingerprint density at radius 3 is 2.50 bits per heavy atom. The number of benzene rings is 2. The van der Waals surface area contributed by atoms with E-state index in [9.17, 15) is 9.90 Å². The summed E-state index contributed by atoms with van der Waals surface area (Å²) in [5, 5.41) is 9.29. The highest BCUT2D eigenvalue weighted by Crippen LogP contribution is 2.22. The predicted molar refractivity (Wildman–Crippen MR) is 99.8 cm³/mol. The van der Waals surface area contributed by atoms with Gasteiger partial charge in [-0.3, -0.25) is 4.79 Å². The van der Waals surface area contributed by atoms with Crippen molar-refractivity contribution in [2.75, 3.05) is 5.73 Å². The summed E-state index contributed by atoms with van der Waals surface area (Å²) in [4.78, 5) is 24.6. The van der Waals surface area contributed by atoms with E-state index in [2.05, 4.69) is 15.0 Å². The quantitative estimate of drug-likeness (QED) is 0.493. The Morgan fingerprint density at radius 2 is 1.81 bits per heavy atom. The van der Waals surface area contributed by atoms with Gasteiger partial charge in [-0.1, -0.05) is 24.3 Å². The molecule has 0 aliphatic carbocycles. The summed E-state index contributed by atoms with van der Waals surface area (Å²) in [6.45, 7) is 1.96. The van der Waals surface area contributed by atoms with Crippen LogP contribution in [-0.4, -0.2) is 26.8 Å². The van der Waals surface area contributed by atoms with Gasteiger partial charge in [0.1, 0.15) is 11.4 Å². The number of nitrogens with two attached hydrogens (primary N) is 2. The Hall–Kier alpha value is -3.74. The summed E-state index contributed by atoms with van der Waals surface area (Å²) in [6, 6.07) is 13.4. The number of aryl methyl sites for hydroxylation is 1. The normalized spacial score (nSPS) is 11.3. The third-order valence-corrected chi connectivity index (χ3v) is 3.80. The minimum absolute atomic E-state index is 0.0551. The van der Waals surface area contributed by atoms with Gasteiger partial charge in [0.2, 0.25) is 0 Å². The second-order valence-corrected chi connectivity index (χ2v) is 5.65. The standard InChI is InChI=1S/C19H17N5O2/c1-11-4-2-3-5-14(11)15-10-22-17(20)16(23-15)18(21)24-19(26)12-6-8-13(25)9-7-12/h2-10,25H,1H3,(H2,20,22)(H2,21,24,26). The zero-order valence-electron chi connectivity index (χ0n) is 14.0. The van der Waals surface area contributed by atoms with Crippen LogP contribution in [0.15, 0.2) is 59.7 Å². The van der Waals surface area contributed by atoms with Crippen molar-refractivity contribution >= 4 is 17.6 Å². The maximum atomic E-state index is 12.2. The van der Waals surface area contributed by atoms with Crippen LogP contribution in [0.4, 0.5) is 5.82 Å². The number of hydrogen-bond acceptors (Lipinski definition) is 5. The number of anilines is 1. The monoisotopic (exact) mass is 347 g/mol. The Balaban J connectivity index is 1.97. The highest BCUT2D eigenvalue weighted by atomic mass is 16.3. The molecule has 0 bridgehead atoms. The van der Waals surface area contributed by atoms with Gasteiger partial charge in [0.15, 0.2) is 11.7 Å². The first-order chi connectivity index (χ1) is 12.5. The molecule has 0 spiro atoms. The largest absolute Gasteiger partial charge is 0.508 e. The summed E-state index contributed by atoms with van der Waals surface area (Å²) in [5.74, 6) is -0.546. The number of amides is 1. The lowest BCUT2D eigenvalue weighted by atomic mass is 10.1. The van der Waals surface area contributed by atoms with Crippen LogP contribution in [0.2, 0.25) is 0 Å². The molecule has 0 saturated carbocycles. The van der Waals surface area contributed by atoms with Crippen LogP contribution in [0.5, 0.6) is 5.75 Å². The van der Waals surface area contributed by atoms with E-state index in [1.54, 1.807) is 6.20 Å². The molecule has 2 aromatic carbocycles. The third kappa shape index (κ3) is 3.51. The van der Waals surface area contributed by atoms with Crippen molar-refractivity contribution in [1.29, 1.82) is 0 Å². The zero-order valence-corrected chi connectivity index (χ0v) is 14.0. The lowest BCUT2D eigenvalue weighted by Crippen LogP contribution is -2.20. The predicted octanol–water partition coefficient (Wildman–Crippen LogP) is 2.29. The number of carbonyl (C=O) groups excluding carboxylic acids is 1. The molecule has 0 aliphatic rings. The minimum atomic E-state index is -0.565. The molecule has 7 nitrogen and oxygen atoms in total. The highest BCUT2D eigenvalue weighted by molar-refractivity contribution is 6.09. The summed E-state index contributed by atoms with van der Waals surface area (Å²) in [7, 11) is 0. The molecule has 1 amide bonds. The van der Waals surface area contributed by atoms with Crippen molar-refractivity contribution in [2.24, 2.45) is 10.7 Å². The topological polar surface area (TPSA) is 127 Å². The molecule has 26 heavy (non-hydrogen) atoms. The van der Waals surface area contributed by atoms with Crippen molar-refractivity contribution in [2.45, 2.75) is 6.92 Å². The molecular weight excluding hydrogens is 330 g/mol. The van der Waals surface area contributed by atoms with Crippen molar-refractivity contribution in [3.8, 4) is 17.0 Å². The smallest absolute Gasteiger partial charge is 0.279 e. The van der Waals surface area contributed by atoms with Crippen LogP contribution in [0.1, 0.15) is 21.6 Å². The van der Waals surface area contributed by atoms with Crippen LogP contribution in [0.3, 0.4) is 0 Å². The van der Waals surface area contributed by atoms with Crippen LogP contribution in [-0.2, 0) is 0 Å². The van der Waals surface area contributed by atoms with E-state index in [1.807, 2.05) is 31.2 Å². The van der Waals surface area contributed by atoms with Gasteiger partial charge in [-0.2, -0.15) is 4.99 Å². The van der Waals surface area contributed by atoms with Gasteiger partial charge in [0.25, 0.3) is 5.91 Å². The first-order valence-corrected chi connectivity index (χ1v) is 7.82. The Kier molecular flexibility index (Phi) is 4.62. The fourth-order valence-corrected chi connectivity index (χ4v) is 2.41. The molecule has 130 valence electrons. The van der Waals surface area contributed by atoms with Crippen LogP contribution >= 0.6 is 0 Å². The SMILES string of the molecule is Cc1ccccc1-c1cnc(N)c(C(N)=NC(=O)c2ccc(O)cc2)n1. The van der Waals surface area contributed by atoms with Crippen LogP contribution in [0, 0.1) is 6.92 Å². The van der Waals surface area contributed by atoms with Crippen LogP contribution in [0.25, 0.3) is 11.3 Å². The maximum Gasteiger partial charge on any atom is 0.279 e. The molecule has 0 fully saturated rings. The molecule has 3 rings (SSSR count). The first-order valence-electron chi connectivity index (χ1n) is 7.82. The number of aliphatic imine (C=N–C) groups is 1. The Morgan fingerprint density at radius 1 is 1.12 bits per heavy atom. The minimum Gasteiger partial charge on any atom is -0.508 e. The summed E-state index contributed by atoms with van der Waals surface area (Å²) < 4.78 is 0. The lowest BCUT2D eigenvalue weighted by molar-refractivity contribution is 0.100. The molecule has 0 radical (unpaired) electrons. The number of rotatable bonds is 3. The zero-order chi connectivity index (χ0) is 18.7. The van der Waals surface area contributed by atoms with Gasteiger partial charge in [0.05, 0.1) is 11.9 Å². The number of amidine groups is 1. The molecule has 0 saturated heterocycles. The molecule has 0 aliphatic heterocycles. The summed E-state index contributed by atoms with van der Waals surface area (Å²) in [6.07, 6.45) is 1.55. The van der Waals surface area contributed by atoms with Crippen LogP contribution < -0.4 is 11.5 Å². The Bertz CT molecular complexity index is 997. The second kappa shape index (κ2) is 7.02. The van der Waals surface area contributed by atoms with Gasteiger partial charge in [-0.25, -0.2) is 9.97 Å². The average Bonchev–Trinajstić information content (AvgIpc) is 2.63. The van der Waals surface area contributed by atoms with Crippen molar-refractivity contribution in [1.82, 2.24) is 9.97 Å². The van der Waals surface area contributed by atoms with Crippen molar-refractivity contribution in [3.63, 3.8) is 0 Å². The van der Waals surface area contributed by atoms with Gasteiger partial charge in [-0.15, -0.1) is 0 Å². The van der Waals surface area contributed by atoms with Gasteiger partial charge >= 0.3 is 0 Å². The fraction of sp³-hybridized carbons (Fsp3) is 0.0526. The summed E-state index contributed by atoms with van der Waals surface area (Å²) in [5.41, 5.74) is 14.7. The molecule has 0 atom stereocenters. The molecule has 1 heterocycles. The molecule has 1 aromatic heterocycles. The van der Waals surface area contributed by atoms with Gasteiger partial charge in [-0.05, 0) is 36.8 Å². The lowest BCUT2D eigenvalue weighted by Gasteiger charge is -2.08. The van der Waals surface area contributed by atoms with E-state index < -0.39 is 5.91 Å². The van der Waals surface area contributed by atoms with E-state index in [0.29, 0.717) is 5.69 Å². The average molecular weight is 347 g/mol. The number of phenolic OH excluding ortho intramolecular Hbond substituents is 1. The third-order valence-electron chi connectivity index (χ3n) is 3.80. The van der Waals surface area contributed by atoms with Crippen molar-refractivity contribution in [3.05, 3.63) is 71.5 Å². The maximum absolute atomic E-state index is 12.2. The molecular formula is C19H17N5O2. The van der Waals surface area contributed by atoms with Gasteiger partial charge in [0, 0.05) is 11.1 Å². The van der Waals surface area contributed by atoms with Crippen molar-refractivity contribution < 1.29 is 9.90 Å². The molecule has 5 N–H and O–H groups in total. The number of nitrogen functional groups attached to an aromatic ring is 1. The van der Waals surface area contributed by atoms with E-state index >= 15 is 0 Å².